The Bertz CT molecular complexity index is 826. The van der Waals surface area contributed by atoms with E-state index in [1.54, 1.807) is 35.5 Å². The zero-order chi connectivity index (χ0) is 21.7. The lowest BCUT2D eigenvalue weighted by Gasteiger charge is -2.39. The van der Waals surface area contributed by atoms with E-state index in [9.17, 15) is 13.2 Å². The second-order valence-electron chi connectivity index (χ2n) is 8.10. The molecule has 0 aliphatic carbocycles. The zero-order valence-corrected chi connectivity index (χ0v) is 18.9. The molecule has 2 aliphatic rings. The summed E-state index contributed by atoms with van der Waals surface area (Å²) in [5.74, 6) is 0.606. The molecular formula is C21H33N3O5S. The number of carbonyl (C=O) groups is 1. The van der Waals surface area contributed by atoms with Gasteiger partial charge in [-0.1, -0.05) is 6.07 Å². The highest BCUT2D eigenvalue weighted by Gasteiger charge is 2.36. The van der Waals surface area contributed by atoms with Crippen molar-refractivity contribution in [3.8, 4) is 5.75 Å². The zero-order valence-electron chi connectivity index (χ0n) is 18.1. The van der Waals surface area contributed by atoms with Gasteiger partial charge in [0.2, 0.25) is 10.0 Å². The van der Waals surface area contributed by atoms with Gasteiger partial charge in [0.25, 0.3) is 5.91 Å². The first-order chi connectivity index (χ1) is 14.3. The molecule has 8 nitrogen and oxygen atoms in total. The van der Waals surface area contributed by atoms with E-state index >= 15 is 0 Å². The Morgan fingerprint density at radius 3 is 2.57 bits per heavy atom. The summed E-state index contributed by atoms with van der Waals surface area (Å²) in [6.07, 6.45) is 3.96. The van der Waals surface area contributed by atoms with Gasteiger partial charge < -0.3 is 14.4 Å². The number of methoxy groups -OCH3 is 1. The van der Waals surface area contributed by atoms with Gasteiger partial charge in [-0.05, 0) is 37.5 Å². The highest BCUT2D eigenvalue weighted by molar-refractivity contribution is 7.88. The lowest BCUT2D eigenvalue weighted by Crippen LogP contribution is -2.50. The second kappa shape index (κ2) is 10.1. The van der Waals surface area contributed by atoms with Crippen LogP contribution in [0.25, 0.3) is 0 Å². The second-order valence-corrected chi connectivity index (χ2v) is 10.1. The first-order valence-corrected chi connectivity index (χ1v) is 12.3. The number of amides is 1. The van der Waals surface area contributed by atoms with Crippen molar-refractivity contribution in [2.75, 3.05) is 59.8 Å². The molecule has 0 saturated carbocycles. The van der Waals surface area contributed by atoms with Crippen molar-refractivity contribution >= 4 is 15.9 Å². The molecule has 0 radical (unpaired) electrons. The van der Waals surface area contributed by atoms with Crippen molar-refractivity contribution in [2.24, 2.45) is 0 Å². The smallest absolute Gasteiger partial charge is 0.253 e. The summed E-state index contributed by atoms with van der Waals surface area (Å²) in [6.45, 7) is 3.80. The summed E-state index contributed by atoms with van der Waals surface area (Å²) < 4.78 is 36.2. The van der Waals surface area contributed by atoms with E-state index < -0.39 is 10.0 Å². The van der Waals surface area contributed by atoms with Crippen LogP contribution < -0.4 is 4.74 Å². The van der Waals surface area contributed by atoms with Crippen LogP contribution in [0.5, 0.6) is 5.75 Å². The molecule has 30 heavy (non-hydrogen) atoms. The fourth-order valence-corrected chi connectivity index (χ4v) is 5.19. The third kappa shape index (κ3) is 5.72. The molecule has 0 bridgehead atoms. The SMILES string of the molecule is COc1cccc(C(=O)N(C)CCN(C2CCOCC2)C2CCN(S(C)(=O)=O)C2)c1. The van der Waals surface area contributed by atoms with Crippen molar-refractivity contribution in [3.63, 3.8) is 0 Å². The normalized spacial score (nSPS) is 21.1. The van der Waals surface area contributed by atoms with Crippen LogP contribution in [0, 0.1) is 0 Å². The van der Waals surface area contributed by atoms with Gasteiger partial charge in [-0.15, -0.1) is 0 Å². The molecule has 0 spiro atoms. The predicted octanol–water partition coefficient (Wildman–Crippen LogP) is 1.28. The van der Waals surface area contributed by atoms with Gasteiger partial charge in [-0.25, -0.2) is 12.7 Å². The van der Waals surface area contributed by atoms with Crippen LogP contribution in [0.4, 0.5) is 0 Å². The van der Waals surface area contributed by atoms with Gasteiger partial charge in [0.15, 0.2) is 0 Å². The lowest BCUT2D eigenvalue weighted by molar-refractivity contribution is 0.0158. The molecule has 1 aromatic carbocycles. The maximum absolute atomic E-state index is 12.9. The molecular weight excluding hydrogens is 406 g/mol. The summed E-state index contributed by atoms with van der Waals surface area (Å²) in [5.41, 5.74) is 0.596. The quantitative estimate of drug-likeness (QED) is 0.607. The Hall–Kier alpha value is -1.68. The van der Waals surface area contributed by atoms with Crippen molar-refractivity contribution in [1.29, 1.82) is 0 Å². The van der Waals surface area contributed by atoms with Gasteiger partial charge in [0, 0.05) is 64.1 Å². The Labute approximate surface area is 179 Å². The Morgan fingerprint density at radius 1 is 1.20 bits per heavy atom. The Morgan fingerprint density at radius 2 is 1.93 bits per heavy atom. The number of rotatable bonds is 8. The highest BCUT2D eigenvalue weighted by atomic mass is 32.2. The average Bonchev–Trinajstić information content (AvgIpc) is 3.24. The predicted molar refractivity (Wildman–Crippen MR) is 115 cm³/mol. The molecule has 0 N–H and O–H groups in total. The number of benzene rings is 1. The number of ether oxygens (including phenoxy) is 2. The van der Waals surface area contributed by atoms with Gasteiger partial charge in [0.1, 0.15) is 5.75 Å². The van der Waals surface area contributed by atoms with Crippen molar-refractivity contribution in [1.82, 2.24) is 14.1 Å². The summed E-state index contributed by atoms with van der Waals surface area (Å²) in [6, 6.07) is 7.69. The van der Waals surface area contributed by atoms with Crippen LogP contribution in [-0.2, 0) is 14.8 Å². The molecule has 2 fully saturated rings. The minimum Gasteiger partial charge on any atom is -0.497 e. The van der Waals surface area contributed by atoms with Gasteiger partial charge in [-0.2, -0.15) is 0 Å². The summed E-state index contributed by atoms with van der Waals surface area (Å²) >= 11 is 0. The van der Waals surface area contributed by atoms with E-state index in [2.05, 4.69) is 4.90 Å². The molecule has 2 saturated heterocycles. The van der Waals surface area contributed by atoms with E-state index in [0.29, 0.717) is 43.5 Å². The first-order valence-electron chi connectivity index (χ1n) is 10.5. The summed E-state index contributed by atoms with van der Waals surface area (Å²) in [5, 5.41) is 0. The lowest BCUT2D eigenvalue weighted by atomic mass is 10.0. The molecule has 3 rings (SSSR count). The standard InChI is InChI=1S/C21H33N3O5S/c1-22(21(25)17-5-4-6-20(15-17)28-2)11-12-24(18-8-13-29-14-9-18)19-7-10-23(16-19)30(3,26)27/h4-6,15,18-19H,7-14,16H2,1-3H3. The Kier molecular flexibility index (Phi) is 7.73. The highest BCUT2D eigenvalue weighted by Crippen LogP contribution is 2.24. The van der Waals surface area contributed by atoms with Crippen LogP contribution >= 0.6 is 0 Å². The largest absolute Gasteiger partial charge is 0.497 e. The van der Waals surface area contributed by atoms with E-state index in [0.717, 1.165) is 32.5 Å². The molecule has 2 heterocycles. The Balaban J connectivity index is 1.66. The number of sulfonamides is 1. The number of hydrogen-bond donors (Lipinski definition) is 0. The monoisotopic (exact) mass is 439 g/mol. The van der Waals surface area contributed by atoms with Crippen LogP contribution in [0.1, 0.15) is 29.6 Å². The van der Waals surface area contributed by atoms with Crippen molar-refractivity contribution in [2.45, 2.75) is 31.3 Å². The summed E-state index contributed by atoms with van der Waals surface area (Å²) in [4.78, 5) is 17.0. The molecule has 2 aliphatic heterocycles. The topological polar surface area (TPSA) is 79.4 Å². The first kappa shape index (κ1) is 23.0. The molecule has 0 aromatic heterocycles. The van der Waals surface area contributed by atoms with E-state index in [4.69, 9.17) is 9.47 Å². The number of carbonyl (C=O) groups excluding carboxylic acids is 1. The van der Waals surface area contributed by atoms with Gasteiger partial charge in [0.05, 0.1) is 13.4 Å². The van der Waals surface area contributed by atoms with Crippen molar-refractivity contribution < 1.29 is 22.7 Å². The molecule has 1 aromatic rings. The minimum atomic E-state index is -3.18. The van der Waals surface area contributed by atoms with E-state index in [1.807, 2.05) is 12.1 Å². The molecule has 1 amide bonds. The number of nitrogens with zero attached hydrogens (tertiary/aromatic N) is 3. The average molecular weight is 440 g/mol. The van der Waals surface area contributed by atoms with Gasteiger partial charge in [-0.3, -0.25) is 9.69 Å². The maximum atomic E-state index is 12.9. The van der Waals surface area contributed by atoms with Gasteiger partial charge >= 0.3 is 0 Å². The molecule has 1 atom stereocenters. The molecule has 1 unspecified atom stereocenters. The third-order valence-electron chi connectivity index (χ3n) is 6.08. The van der Waals surface area contributed by atoms with Crippen LogP contribution in [-0.4, -0.2) is 100 Å². The number of likely N-dealkylation sites (N-methyl/N-ethyl adjacent to an activating group) is 1. The van der Waals surface area contributed by atoms with E-state index in [1.165, 1.54) is 6.26 Å². The number of hydrogen-bond acceptors (Lipinski definition) is 6. The van der Waals surface area contributed by atoms with Crippen LogP contribution in [0.3, 0.4) is 0 Å². The summed E-state index contributed by atoms with van der Waals surface area (Å²) in [7, 11) is 0.209. The fraction of sp³-hybridized carbons (Fsp3) is 0.667. The maximum Gasteiger partial charge on any atom is 0.253 e. The van der Waals surface area contributed by atoms with E-state index in [-0.39, 0.29) is 11.9 Å². The molecule has 168 valence electrons. The minimum absolute atomic E-state index is 0.0509. The van der Waals surface area contributed by atoms with Crippen LogP contribution in [0.2, 0.25) is 0 Å². The third-order valence-corrected chi connectivity index (χ3v) is 7.35. The van der Waals surface area contributed by atoms with Crippen LogP contribution in [0.15, 0.2) is 24.3 Å². The molecule has 9 heteroatoms. The fourth-order valence-electron chi connectivity index (χ4n) is 4.31. The van der Waals surface area contributed by atoms with Crippen molar-refractivity contribution in [3.05, 3.63) is 29.8 Å².